The zero-order valence-corrected chi connectivity index (χ0v) is 17.6. The van der Waals surface area contributed by atoms with Crippen LogP contribution < -0.4 is 0 Å². The van der Waals surface area contributed by atoms with Crippen LogP contribution in [0.5, 0.6) is 0 Å². The van der Waals surface area contributed by atoms with Gasteiger partial charge in [0, 0.05) is 30.9 Å². The van der Waals surface area contributed by atoms with Gasteiger partial charge in [-0.25, -0.2) is 9.18 Å². The first-order valence-corrected chi connectivity index (χ1v) is 10.9. The minimum Gasteiger partial charge on any atom is -0.437 e. The number of nitrogens with zero attached hydrogens (tertiary/aromatic N) is 1. The van der Waals surface area contributed by atoms with Crippen LogP contribution in [0.3, 0.4) is 0 Å². The largest absolute Gasteiger partial charge is 0.437 e. The van der Waals surface area contributed by atoms with E-state index in [1.165, 1.54) is 12.1 Å². The SMILES string of the molecule is C[C@@H](c1ccc(-c2ccc(F)cc2)cc1)N1CCC(CCO)(c2cccs2)OC1=O. The molecule has 1 N–H and O–H groups in total. The molecule has 1 fully saturated rings. The summed E-state index contributed by atoms with van der Waals surface area (Å²) in [6.07, 6.45) is 0.671. The Kier molecular flexibility index (Phi) is 5.88. The van der Waals surface area contributed by atoms with Crippen molar-refractivity contribution < 1.29 is 19.0 Å². The molecule has 30 heavy (non-hydrogen) atoms. The average Bonchev–Trinajstić information content (AvgIpc) is 3.30. The molecule has 1 unspecified atom stereocenters. The Morgan fingerprint density at radius 2 is 1.80 bits per heavy atom. The number of thiophene rings is 1. The highest BCUT2D eigenvalue weighted by Gasteiger charge is 2.43. The van der Waals surface area contributed by atoms with Crippen molar-refractivity contribution >= 4 is 17.4 Å². The molecule has 1 aliphatic heterocycles. The molecule has 0 aliphatic carbocycles. The molecule has 3 aromatic rings. The number of amides is 1. The zero-order valence-electron chi connectivity index (χ0n) is 16.8. The summed E-state index contributed by atoms with van der Waals surface area (Å²) >= 11 is 1.55. The summed E-state index contributed by atoms with van der Waals surface area (Å²) < 4.78 is 19.1. The van der Waals surface area contributed by atoms with E-state index in [0.717, 1.165) is 21.6 Å². The fraction of sp³-hybridized carbons (Fsp3) is 0.292. The summed E-state index contributed by atoms with van der Waals surface area (Å²) in [5.74, 6) is -0.257. The Morgan fingerprint density at radius 3 is 2.37 bits per heavy atom. The summed E-state index contributed by atoms with van der Waals surface area (Å²) in [7, 11) is 0. The number of ether oxygens (including phenoxy) is 1. The molecule has 0 spiro atoms. The van der Waals surface area contributed by atoms with Crippen molar-refractivity contribution in [2.75, 3.05) is 13.2 Å². The van der Waals surface area contributed by atoms with E-state index in [0.29, 0.717) is 19.4 Å². The van der Waals surface area contributed by atoms with E-state index in [1.54, 1.807) is 28.4 Å². The van der Waals surface area contributed by atoms with Gasteiger partial charge in [-0.15, -0.1) is 11.3 Å². The van der Waals surface area contributed by atoms with Crippen molar-refractivity contribution in [3.63, 3.8) is 0 Å². The van der Waals surface area contributed by atoms with Crippen LogP contribution in [0.25, 0.3) is 11.1 Å². The maximum Gasteiger partial charge on any atom is 0.411 e. The van der Waals surface area contributed by atoms with Gasteiger partial charge in [0.05, 0.1) is 6.04 Å². The predicted octanol–water partition coefficient (Wildman–Crippen LogP) is 5.74. The third-order valence-electron chi connectivity index (χ3n) is 5.80. The molecule has 0 saturated carbocycles. The molecule has 1 aromatic heterocycles. The van der Waals surface area contributed by atoms with Crippen LogP contribution >= 0.6 is 11.3 Å². The summed E-state index contributed by atoms with van der Waals surface area (Å²) in [6, 6.07) is 18.1. The van der Waals surface area contributed by atoms with Crippen molar-refractivity contribution in [1.82, 2.24) is 4.90 Å². The first-order chi connectivity index (χ1) is 14.5. The lowest BCUT2D eigenvalue weighted by molar-refractivity contribution is -0.0697. The third-order valence-corrected chi connectivity index (χ3v) is 6.85. The van der Waals surface area contributed by atoms with Crippen molar-refractivity contribution in [2.24, 2.45) is 0 Å². The van der Waals surface area contributed by atoms with E-state index in [1.807, 2.05) is 48.7 Å². The molecule has 1 saturated heterocycles. The third kappa shape index (κ3) is 3.98. The standard InChI is InChI=1S/C24H24FNO3S/c1-17(18-4-6-19(7-5-18)20-8-10-21(25)11-9-20)26-14-12-24(13-15-27,29-23(26)28)22-3-2-16-30-22/h2-11,16-17,27H,12-15H2,1H3/t17-,24?/m0/s1. The predicted molar refractivity (Wildman–Crippen MR) is 116 cm³/mol. The molecule has 0 radical (unpaired) electrons. The molecule has 2 atom stereocenters. The number of carbonyl (C=O) groups is 1. The Morgan fingerprint density at radius 1 is 1.13 bits per heavy atom. The second-order valence-electron chi connectivity index (χ2n) is 7.56. The number of hydrogen-bond donors (Lipinski definition) is 1. The molecule has 4 nitrogen and oxygen atoms in total. The number of halogens is 1. The van der Waals surface area contributed by atoms with Crippen LogP contribution in [0.2, 0.25) is 0 Å². The molecule has 1 aliphatic rings. The van der Waals surface area contributed by atoms with Gasteiger partial charge in [-0.1, -0.05) is 42.5 Å². The minimum atomic E-state index is -0.747. The number of rotatable bonds is 6. The van der Waals surface area contributed by atoms with E-state index in [9.17, 15) is 14.3 Å². The molecular formula is C24H24FNO3S. The van der Waals surface area contributed by atoms with Gasteiger partial charge >= 0.3 is 6.09 Å². The molecular weight excluding hydrogens is 401 g/mol. The van der Waals surface area contributed by atoms with Crippen LogP contribution in [0, 0.1) is 5.82 Å². The number of hydrogen-bond acceptors (Lipinski definition) is 4. The maximum absolute atomic E-state index is 13.1. The van der Waals surface area contributed by atoms with Crippen LogP contribution in [0.1, 0.15) is 36.2 Å². The lowest BCUT2D eigenvalue weighted by atomic mass is 9.91. The summed E-state index contributed by atoms with van der Waals surface area (Å²) in [6.45, 7) is 2.50. The molecule has 0 bridgehead atoms. The Labute approximate surface area is 179 Å². The van der Waals surface area contributed by atoms with Crippen molar-refractivity contribution in [3.05, 3.63) is 82.3 Å². The Hall–Kier alpha value is -2.70. The number of carbonyl (C=O) groups excluding carboxylic acids is 1. The highest BCUT2D eigenvalue weighted by atomic mass is 32.1. The topological polar surface area (TPSA) is 49.8 Å². The quantitative estimate of drug-likeness (QED) is 0.548. The van der Waals surface area contributed by atoms with Crippen LogP contribution in [-0.2, 0) is 10.3 Å². The molecule has 2 heterocycles. The van der Waals surface area contributed by atoms with Crippen molar-refractivity contribution in [3.8, 4) is 11.1 Å². The second-order valence-corrected chi connectivity index (χ2v) is 8.51. The minimum absolute atomic E-state index is 0.0361. The highest BCUT2D eigenvalue weighted by molar-refractivity contribution is 7.10. The number of cyclic esters (lactones) is 1. The summed E-state index contributed by atoms with van der Waals surface area (Å²) in [5.41, 5.74) is 2.19. The molecule has 4 rings (SSSR count). The van der Waals surface area contributed by atoms with E-state index in [4.69, 9.17) is 4.74 Å². The maximum atomic E-state index is 13.1. The average molecular weight is 426 g/mol. The first kappa shape index (κ1) is 20.6. The lowest BCUT2D eigenvalue weighted by Crippen LogP contribution is -2.48. The van der Waals surface area contributed by atoms with Crippen LogP contribution in [0.15, 0.2) is 66.0 Å². The summed E-state index contributed by atoms with van der Waals surface area (Å²) in [5, 5.41) is 11.5. The fourth-order valence-electron chi connectivity index (χ4n) is 3.99. The van der Waals surface area contributed by atoms with Gasteiger partial charge in [0.25, 0.3) is 0 Å². The van der Waals surface area contributed by atoms with E-state index in [2.05, 4.69) is 0 Å². The van der Waals surface area contributed by atoms with Gasteiger partial charge in [-0.2, -0.15) is 0 Å². The van der Waals surface area contributed by atoms with Gasteiger partial charge in [0.1, 0.15) is 5.82 Å². The van der Waals surface area contributed by atoms with Crippen molar-refractivity contribution in [1.29, 1.82) is 0 Å². The number of aliphatic hydroxyl groups is 1. The van der Waals surface area contributed by atoms with Gasteiger partial charge < -0.3 is 14.7 Å². The highest BCUT2D eigenvalue weighted by Crippen LogP contribution is 2.41. The summed E-state index contributed by atoms with van der Waals surface area (Å²) in [4.78, 5) is 15.6. The lowest BCUT2D eigenvalue weighted by Gasteiger charge is -2.42. The van der Waals surface area contributed by atoms with Crippen LogP contribution in [0.4, 0.5) is 9.18 Å². The molecule has 156 valence electrons. The molecule has 6 heteroatoms. The van der Waals surface area contributed by atoms with Gasteiger partial charge in [0.2, 0.25) is 0 Å². The van der Waals surface area contributed by atoms with E-state index >= 15 is 0 Å². The van der Waals surface area contributed by atoms with Gasteiger partial charge in [-0.3, -0.25) is 0 Å². The van der Waals surface area contributed by atoms with Gasteiger partial charge in [0.15, 0.2) is 5.60 Å². The van der Waals surface area contributed by atoms with E-state index in [-0.39, 0.29) is 24.6 Å². The molecule has 2 aromatic carbocycles. The second kappa shape index (κ2) is 8.58. The Balaban J connectivity index is 1.49. The Bertz CT molecular complexity index is 988. The van der Waals surface area contributed by atoms with E-state index < -0.39 is 5.60 Å². The normalized spacial score (nSPS) is 20.1. The number of benzene rings is 2. The monoisotopic (exact) mass is 425 g/mol. The smallest absolute Gasteiger partial charge is 0.411 e. The van der Waals surface area contributed by atoms with Crippen LogP contribution in [-0.4, -0.2) is 29.3 Å². The number of aliphatic hydroxyl groups excluding tert-OH is 1. The molecule has 1 amide bonds. The van der Waals surface area contributed by atoms with Crippen molar-refractivity contribution in [2.45, 2.75) is 31.4 Å². The zero-order chi connectivity index (χ0) is 21.1. The van der Waals surface area contributed by atoms with Gasteiger partial charge in [-0.05, 0) is 47.2 Å². The first-order valence-electron chi connectivity index (χ1n) is 10.0. The fourth-order valence-corrected chi connectivity index (χ4v) is 4.91.